The third-order valence-electron chi connectivity index (χ3n) is 4.86. The summed E-state index contributed by atoms with van der Waals surface area (Å²) in [6, 6.07) is 6.14. The van der Waals surface area contributed by atoms with Gasteiger partial charge < -0.3 is 20.1 Å². The number of ether oxygens (including phenoxy) is 2. The SMILES string of the molecule is CN(C)C1(C(N)c2ccc3c(c2)OCCO3)CCCC1. The van der Waals surface area contributed by atoms with Gasteiger partial charge in [0, 0.05) is 11.6 Å². The maximum Gasteiger partial charge on any atom is 0.161 e. The summed E-state index contributed by atoms with van der Waals surface area (Å²) in [7, 11) is 4.28. The van der Waals surface area contributed by atoms with Gasteiger partial charge in [0.25, 0.3) is 0 Å². The highest BCUT2D eigenvalue weighted by Gasteiger charge is 2.42. The molecular weight excluding hydrogens is 252 g/mol. The van der Waals surface area contributed by atoms with E-state index >= 15 is 0 Å². The van der Waals surface area contributed by atoms with Gasteiger partial charge in [-0.2, -0.15) is 0 Å². The highest BCUT2D eigenvalue weighted by Crippen LogP contribution is 2.43. The maximum absolute atomic E-state index is 6.63. The Morgan fingerprint density at radius 2 is 1.75 bits per heavy atom. The molecule has 1 unspecified atom stereocenters. The Morgan fingerprint density at radius 3 is 2.40 bits per heavy atom. The molecule has 1 aliphatic carbocycles. The van der Waals surface area contributed by atoms with Crippen molar-refractivity contribution in [3.63, 3.8) is 0 Å². The summed E-state index contributed by atoms with van der Waals surface area (Å²) >= 11 is 0. The van der Waals surface area contributed by atoms with Crippen molar-refractivity contribution < 1.29 is 9.47 Å². The second-order valence-corrected chi connectivity index (χ2v) is 6.09. The van der Waals surface area contributed by atoms with Crippen LogP contribution in [0.3, 0.4) is 0 Å². The first kappa shape index (κ1) is 13.7. The van der Waals surface area contributed by atoms with Gasteiger partial charge in [0.1, 0.15) is 13.2 Å². The predicted molar refractivity (Wildman–Crippen MR) is 79.2 cm³/mol. The molecule has 1 heterocycles. The zero-order chi connectivity index (χ0) is 14.2. The van der Waals surface area contributed by atoms with Crippen LogP contribution in [0.1, 0.15) is 37.3 Å². The van der Waals surface area contributed by atoms with E-state index in [9.17, 15) is 0 Å². The van der Waals surface area contributed by atoms with E-state index in [4.69, 9.17) is 15.2 Å². The fourth-order valence-electron chi connectivity index (χ4n) is 3.59. The summed E-state index contributed by atoms with van der Waals surface area (Å²) in [4.78, 5) is 2.31. The highest BCUT2D eigenvalue weighted by molar-refractivity contribution is 5.45. The van der Waals surface area contributed by atoms with Crippen molar-refractivity contribution in [2.24, 2.45) is 5.73 Å². The molecule has 2 N–H and O–H groups in total. The Kier molecular flexibility index (Phi) is 3.61. The minimum atomic E-state index is 0.0100. The summed E-state index contributed by atoms with van der Waals surface area (Å²) < 4.78 is 11.3. The van der Waals surface area contributed by atoms with E-state index in [0.29, 0.717) is 13.2 Å². The van der Waals surface area contributed by atoms with Crippen LogP contribution < -0.4 is 15.2 Å². The molecule has 4 nitrogen and oxygen atoms in total. The van der Waals surface area contributed by atoms with E-state index in [-0.39, 0.29) is 11.6 Å². The molecule has 4 heteroatoms. The Bertz CT molecular complexity index is 481. The molecule has 0 saturated heterocycles. The lowest BCUT2D eigenvalue weighted by molar-refractivity contribution is 0.122. The molecule has 1 saturated carbocycles. The van der Waals surface area contributed by atoms with E-state index in [1.54, 1.807) is 0 Å². The molecule has 20 heavy (non-hydrogen) atoms. The molecule has 1 atom stereocenters. The van der Waals surface area contributed by atoms with Crippen LogP contribution in [-0.2, 0) is 0 Å². The monoisotopic (exact) mass is 276 g/mol. The first-order valence-corrected chi connectivity index (χ1v) is 7.46. The minimum absolute atomic E-state index is 0.0100. The molecule has 3 rings (SSSR count). The number of nitrogens with two attached hydrogens (primary N) is 1. The number of fused-ring (bicyclic) bond motifs is 1. The normalized spacial score (nSPS) is 22.0. The van der Waals surface area contributed by atoms with E-state index in [0.717, 1.165) is 29.9 Å². The molecule has 1 aromatic carbocycles. The average Bonchev–Trinajstić information content (AvgIpc) is 2.97. The van der Waals surface area contributed by atoms with Gasteiger partial charge in [0.15, 0.2) is 11.5 Å². The molecule has 1 aliphatic heterocycles. The molecule has 1 aromatic rings. The standard InChI is InChI=1S/C16H24N2O2/c1-18(2)16(7-3-4-8-16)15(17)12-5-6-13-14(11-12)20-10-9-19-13/h5-6,11,15H,3-4,7-10,17H2,1-2H3. The second-order valence-electron chi connectivity index (χ2n) is 6.09. The van der Waals surface area contributed by atoms with Crippen LogP contribution in [0.4, 0.5) is 0 Å². The van der Waals surface area contributed by atoms with Crippen molar-refractivity contribution in [3.05, 3.63) is 23.8 Å². The van der Waals surface area contributed by atoms with Gasteiger partial charge in [-0.15, -0.1) is 0 Å². The summed E-state index contributed by atoms with van der Waals surface area (Å²) in [5.41, 5.74) is 7.85. The minimum Gasteiger partial charge on any atom is -0.486 e. The van der Waals surface area contributed by atoms with E-state index in [1.807, 2.05) is 6.07 Å². The third-order valence-corrected chi connectivity index (χ3v) is 4.86. The van der Waals surface area contributed by atoms with Crippen molar-refractivity contribution in [1.29, 1.82) is 0 Å². The van der Waals surface area contributed by atoms with Gasteiger partial charge in [0.05, 0.1) is 0 Å². The van der Waals surface area contributed by atoms with Crippen LogP contribution in [0.25, 0.3) is 0 Å². The molecule has 0 amide bonds. The second kappa shape index (κ2) is 5.26. The first-order chi connectivity index (χ1) is 9.63. The van der Waals surface area contributed by atoms with Crippen LogP contribution in [0.5, 0.6) is 11.5 Å². The molecular formula is C16H24N2O2. The molecule has 2 aliphatic rings. The fourth-order valence-corrected chi connectivity index (χ4v) is 3.59. The maximum atomic E-state index is 6.63. The predicted octanol–water partition coefficient (Wildman–Crippen LogP) is 2.33. The topological polar surface area (TPSA) is 47.7 Å². The Labute approximate surface area is 120 Å². The van der Waals surface area contributed by atoms with Gasteiger partial charge in [0.2, 0.25) is 0 Å². The zero-order valence-corrected chi connectivity index (χ0v) is 12.4. The van der Waals surface area contributed by atoms with Crippen molar-refractivity contribution >= 4 is 0 Å². The number of likely N-dealkylation sites (N-methyl/N-ethyl adjacent to an activating group) is 1. The van der Waals surface area contributed by atoms with Crippen LogP contribution in [0, 0.1) is 0 Å². The lowest BCUT2D eigenvalue weighted by Crippen LogP contribution is -2.50. The number of rotatable bonds is 3. The third kappa shape index (κ3) is 2.17. The molecule has 0 radical (unpaired) electrons. The molecule has 0 spiro atoms. The number of benzene rings is 1. The molecule has 110 valence electrons. The molecule has 0 aromatic heterocycles. The van der Waals surface area contributed by atoms with Gasteiger partial charge in [-0.05, 0) is 44.6 Å². The van der Waals surface area contributed by atoms with Gasteiger partial charge >= 0.3 is 0 Å². The van der Waals surface area contributed by atoms with Gasteiger partial charge in [-0.3, -0.25) is 0 Å². The number of nitrogens with zero attached hydrogens (tertiary/aromatic N) is 1. The Balaban J connectivity index is 1.91. The zero-order valence-electron chi connectivity index (χ0n) is 12.4. The number of hydrogen-bond donors (Lipinski definition) is 1. The average molecular weight is 276 g/mol. The Hall–Kier alpha value is -1.26. The van der Waals surface area contributed by atoms with Crippen LogP contribution in [0.2, 0.25) is 0 Å². The molecule has 0 bridgehead atoms. The largest absolute Gasteiger partial charge is 0.486 e. The first-order valence-electron chi connectivity index (χ1n) is 7.46. The van der Waals surface area contributed by atoms with Crippen LogP contribution >= 0.6 is 0 Å². The van der Waals surface area contributed by atoms with Crippen LogP contribution in [0.15, 0.2) is 18.2 Å². The number of hydrogen-bond acceptors (Lipinski definition) is 4. The summed E-state index contributed by atoms with van der Waals surface area (Å²) in [6.45, 7) is 1.24. The molecule has 1 fully saturated rings. The quantitative estimate of drug-likeness (QED) is 0.920. The van der Waals surface area contributed by atoms with Gasteiger partial charge in [-0.25, -0.2) is 0 Å². The van der Waals surface area contributed by atoms with E-state index < -0.39 is 0 Å². The van der Waals surface area contributed by atoms with E-state index in [1.165, 1.54) is 12.8 Å². The lowest BCUT2D eigenvalue weighted by atomic mass is 9.83. The van der Waals surface area contributed by atoms with Gasteiger partial charge in [-0.1, -0.05) is 18.9 Å². The van der Waals surface area contributed by atoms with Crippen molar-refractivity contribution in [1.82, 2.24) is 4.90 Å². The Morgan fingerprint density at radius 1 is 1.10 bits per heavy atom. The van der Waals surface area contributed by atoms with E-state index in [2.05, 4.69) is 31.1 Å². The highest BCUT2D eigenvalue weighted by atomic mass is 16.6. The summed E-state index contributed by atoms with van der Waals surface area (Å²) in [6.07, 6.45) is 4.85. The van der Waals surface area contributed by atoms with Crippen LogP contribution in [-0.4, -0.2) is 37.7 Å². The van der Waals surface area contributed by atoms with Crippen molar-refractivity contribution in [2.45, 2.75) is 37.3 Å². The summed E-state index contributed by atoms with van der Waals surface area (Å²) in [5, 5.41) is 0. The van der Waals surface area contributed by atoms with Crippen molar-refractivity contribution in [3.8, 4) is 11.5 Å². The fraction of sp³-hybridized carbons (Fsp3) is 0.625. The smallest absolute Gasteiger partial charge is 0.161 e. The summed E-state index contributed by atoms with van der Waals surface area (Å²) in [5.74, 6) is 1.66. The van der Waals surface area contributed by atoms with Crippen molar-refractivity contribution in [2.75, 3.05) is 27.3 Å². The lowest BCUT2D eigenvalue weighted by Gasteiger charge is -2.42.